The zero-order chi connectivity index (χ0) is 30.8. The number of nitro groups is 1. The summed E-state index contributed by atoms with van der Waals surface area (Å²) in [5.41, 5.74) is 1.27. The number of halogens is 2. The van der Waals surface area contributed by atoms with Gasteiger partial charge >= 0.3 is 5.97 Å². The van der Waals surface area contributed by atoms with Crippen LogP contribution in [0, 0.1) is 10.1 Å². The van der Waals surface area contributed by atoms with Gasteiger partial charge in [-0.15, -0.1) is 0 Å². The lowest BCUT2D eigenvalue weighted by Gasteiger charge is -2.22. The van der Waals surface area contributed by atoms with Crippen molar-refractivity contribution in [3.05, 3.63) is 123 Å². The first-order valence-electron chi connectivity index (χ1n) is 12.9. The summed E-state index contributed by atoms with van der Waals surface area (Å²) in [6.07, 6.45) is 3.37. The van der Waals surface area contributed by atoms with Crippen LogP contribution < -0.4 is 19.6 Å². The first kappa shape index (κ1) is 30.4. The van der Waals surface area contributed by atoms with Crippen LogP contribution in [0.3, 0.4) is 0 Å². The van der Waals surface area contributed by atoms with Crippen molar-refractivity contribution in [2.45, 2.75) is 19.9 Å². The highest BCUT2D eigenvalue weighted by molar-refractivity contribution is 9.11. The third kappa shape index (κ3) is 6.05. The molecule has 0 amide bonds. The van der Waals surface area contributed by atoms with Crippen molar-refractivity contribution in [1.82, 2.24) is 4.57 Å². The second-order valence-electron chi connectivity index (χ2n) is 9.23. The highest BCUT2D eigenvalue weighted by Gasteiger charge is 2.35. The lowest BCUT2D eigenvalue weighted by atomic mass is 10.0. The fourth-order valence-corrected chi connectivity index (χ4v) is 7.08. The zero-order valence-electron chi connectivity index (χ0n) is 22.8. The second-order valence-corrected chi connectivity index (χ2v) is 11.9. The molecule has 5 rings (SSSR count). The smallest absolute Gasteiger partial charge is 0.338 e. The van der Waals surface area contributed by atoms with Crippen LogP contribution in [0.5, 0.6) is 5.75 Å². The average molecular weight is 729 g/mol. The van der Waals surface area contributed by atoms with E-state index in [1.54, 1.807) is 50.3 Å². The van der Waals surface area contributed by atoms with E-state index in [9.17, 15) is 19.7 Å². The maximum atomic E-state index is 13.9. The molecule has 0 saturated heterocycles. The highest BCUT2D eigenvalue weighted by Crippen LogP contribution is 2.36. The molecule has 0 radical (unpaired) electrons. The number of thiazole rings is 1. The third-order valence-corrected chi connectivity index (χ3v) is 8.58. The Labute approximate surface area is 265 Å². The van der Waals surface area contributed by atoms with Crippen LogP contribution in [0.2, 0.25) is 0 Å². The summed E-state index contributed by atoms with van der Waals surface area (Å²) in [6.45, 7) is 7.48. The van der Waals surface area contributed by atoms with Crippen LogP contribution in [0.25, 0.3) is 17.4 Å². The number of ether oxygens (including phenoxy) is 2. The molecule has 1 atom stereocenters. The molecule has 0 unspecified atom stereocenters. The average Bonchev–Trinajstić information content (AvgIpc) is 3.57. The minimum atomic E-state index is -0.974. The molecule has 0 bridgehead atoms. The van der Waals surface area contributed by atoms with Gasteiger partial charge in [0.2, 0.25) is 0 Å². The number of non-ortho nitro benzene ring substituents is 1. The number of allylic oxidation sites excluding steroid dienone is 1. The van der Waals surface area contributed by atoms with Crippen molar-refractivity contribution >= 4 is 60.9 Å². The van der Waals surface area contributed by atoms with Gasteiger partial charge in [0.05, 0.1) is 36.3 Å². The first-order valence-corrected chi connectivity index (χ1v) is 15.3. The van der Waals surface area contributed by atoms with Crippen molar-refractivity contribution in [1.29, 1.82) is 0 Å². The van der Waals surface area contributed by atoms with Crippen molar-refractivity contribution in [2.75, 3.05) is 13.2 Å². The predicted molar refractivity (Wildman–Crippen MR) is 169 cm³/mol. The predicted octanol–water partition coefficient (Wildman–Crippen LogP) is 6.06. The van der Waals surface area contributed by atoms with Gasteiger partial charge in [-0.05, 0) is 81.6 Å². The molecule has 1 aliphatic heterocycles. The summed E-state index contributed by atoms with van der Waals surface area (Å²) in [4.78, 5) is 42.9. The van der Waals surface area contributed by atoms with Gasteiger partial charge in [-0.3, -0.25) is 19.5 Å². The van der Waals surface area contributed by atoms with Crippen LogP contribution >= 0.6 is 43.2 Å². The molecule has 2 aromatic heterocycles. The lowest BCUT2D eigenvalue weighted by Crippen LogP contribution is -2.39. The molecule has 0 fully saturated rings. The number of carbonyl (C=O) groups is 1. The molecule has 43 heavy (non-hydrogen) atoms. The molecule has 2 aromatic carbocycles. The molecular formula is C30H23Br2N3O7S. The Hall–Kier alpha value is -4.07. The quantitative estimate of drug-likeness (QED) is 0.0889. The Bertz CT molecular complexity index is 1970. The van der Waals surface area contributed by atoms with Crippen LogP contribution in [0.4, 0.5) is 5.69 Å². The number of nitro benzene ring substituents is 1. The van der Waals surface area contributed by atoms with Gasteiger partial charge < -0.3 is 13.9 Å². The number of fused-ring (bicyclic) bond motifs is 1. The minimum absolute atomic E-state index is 0.0926. The third-order valence-electron chi connectivity index (χ3n) is 6.42. The number of benzene rings is 2. The second kappa shape index (κ2) is 12.7. The summed E-state index contributed by atoms with van der Waals surface area (Å²) >= 11 is 8.22. The number of rotatable bonds is 9. The minimum Gasteiger partial charge on any atom is -0.487 e. The number of hydrogen-bond acceptors (Lipinski definition) is 9. The molecule has 0 N–H and O–H groups in total. The van der Waals surface area contributed by atoms with Crippen molar-refractivity contribution in [3.63, 3.8) is 0 Å². The van der Waals surface area contributed by atoms with Crippen LogP contribution in [-0.4, -0.2) is 28.7 Å². The van der Waals surface area contributed by atoms with E-state index in [-0.39, 0.29) is 29.2 Å². The molecule has 4 aromatic rings. The van der Waals surface area contributed by atoms with Gasteiger partial charge in [-0.2, -0.15) is 0 Å². The van der Waals surface area contributed by atoms with E-state index in [1.807, 2.05) is 12.1 Å². The summed E-state index contributed by atoms with van der Waals surface area (Å²) < 4.78 is 20.4. The van der Waals surface area contributed by atoms with E-state index >= 15 is 0 Å². The Morgan fingerprint density at radius 2 is 1.98 bits per heavy atom. The molecule has 3 heterocycles. The van der Waals surface area contributed by atoms with E-state index in [0.717, 1.165) is 5.56 Å². The van der Waals surface area contributed by atoms with Crippen molar-refractivity contribution in [3.8, 4) is 17.1 Å². The summed E-state index contributed by atoms with van der Waals surface area (Å²) in [5, 5.41) is 11.3. The number of hydrogen-bond donors (Lipinski definition) is 0. The van der Waals surface area contributed by atoms with E-state index in [1.165, 1.54) is 28.0 Å². The molecule has 13 heteroatoms. The molecule has 10 nitrogen and oxygen atoms in total. The van der Waals surface area contributed by atoms with E-state index in [4.69, 9.17) is 13.9 Å². The lowest BCUT2D eigenvalue weighted by molar-refractivity contribution is -0.384. The molecular weight excluding hydrogens is 706 g/mol. The largest absolute Gasteiger partial charge is 0.487 e. The topological polar surface area (TPSA) is 126 Å². The molecule has 0 saturated carbocycles. The van der Waals surface area contributed by atoms with Gasteiger partial charge in [0.15, 0.2) is 4.80 Å². The Morgan fingerprint density at radius 3 is 2.65 bits per heavy atom. The first-order chi connectivity index (χ1) is 20.6. The van der Waals surface area contributed by atoms with Crippen LogP contribution in [0.1, 0.15) is 31.2 Å². The van der Waals surface area contributed by atoms with Gasteiger partial charge in [0.1, 0.15) is 29.9 Å². The monoisotopic (exact) mass is 727 g/mol. The molecule has 0 spiro atoms. The fraction of sp³-hybridized carbons (Fsp3) is 0.167. The number of esters is 1. The Morgan fingerprint density at radius 1 is 1.23 bits per heavy atom. The van der Waals surface area contributed by atoms with Crippen molar-refractivity contribution < 1.29 is 23.6 Å². The number of carbonyl (C=O) groups excluding carboxylic acids is 1. The van der Waals surface area contributed by atoms with Crippen molar-refractivity contribution in [2.24, 2.45) is 4.99 Å². The van der Waals surface area contributed by atoms with Gasteiger partial charge in [0.25, 0.3) is 11.2 Å². The number of aromatic nitrogens is 1. The number of nitrogens with zero attached hydrogens (tertiary/aromatic N) is 3. The van der Waals surface area contributed by atoms with E-state index in [2.05, 4.69) is 43.4 Å². The maximum absolute atomic E-state index is 13.9. The summed E-state index contributed by atoms with van der Waals surface area (Å²) in [7, 11) is 0. The van der Waals surface area contributed by atoms with E-state index < -0.39 is 16.9 Å². The zero-order valence-corrected chi connectivity index (χ0v) is 26.8. The fourth-order valence-electron chi connectivity index (χ4n) is 4.58. The summed E-state index contributed by atoms with van der Waals surface area (Å²) in [6, 6.07) is 12.0. The Balaban J connectivity index is 1.65. The molecule has 1 aliphatic rings. The van der Waals surface area contributed by atoms with Gasteiger partial charge in [-0.1, -0.05) is 36.1 Å². The standard InChI is InChI=1S/C30H23Br2N3O7S/c1-4-11-41-27-20(31)12-17(13-21(27)32)14-24-28(36)34-26(25(29(37)40-5-2)16(3)33-30(34)43-24)23-10-9-22(42-23)18-7-6-8-19(15-18)35(38)39/h4,6-10,12-15,26H,1,5,11H2,2-3H3/b24-14-/t26-/m0/s1. The highest BCUT2D eigenvalue weighted by atomic mass is 79.9. The van der Waals surface area contributed by atoms with Crippen LogP contribution in [0.15, 0.2) is 95.6 Å². The number of furan rings is 1. The maximum Gasteiger partial charge on any atom is 0.338 e. The normalized spacial score (nSPS) is 14.7. The van der Waals surface area contributed by atoms with Gasteiger partial charge in [0, 0.05) is 17.7 Å². The SMILES string of the molecule is C=CCOc1c(Br)cc(/C=c2\sc3n(c2=O)[C@@H](c2ccc(-c4cccc([N+](=O)[O-])c4)o2)C(C(=O)OCC)=C(C)N=3)cc1Br. The molecule has 220 valence electrons. The Kier molecular flexibility index (Phi) is 8.95. The van der Waals surface area contributed by atoms with E-state index in [0.29, 0.717) is 47.7 Å². The van der Waals surface area contributed by atoms with Gasteiger partial charge in [-0.25, -0.2) is 9.79 Å². The van der Waals surface area contributed by atoms with Crippen LogP contribution in [-0.2, 0) is 9.53 Å². The molecule has 0 aliphatic carbocycles. The summed E-state index contributed by atoms with van der Waals surface area (Å²) in [5.74, 6) is 0.595.